The number of aryl methyl sites for hydroxylation is 1. The van der Waals surface area contributed by atoms with E-state index in [0.717, 1.165) is 34.5 Å². The molecule has 0 unspecified atom stereocenters. The zero-order valence-electron chi connectivity index (χ0n) is 10.6. The van der Waals surface area contributed by atoms with Crippen molar-refractivity contribution >= 4 is 21.7 Å². The summed E-state index contributed by atoms with van der Waals surface area (Å²) >= 11 is 3.43. The van der Waals surface area contributed by atoms with Crippen molar-refractivity contribution < 1.29 is 4.74 Å². The van der Waals surface area contributed by atoms with Crippen molar-refractivity contribution in [2.45, 2.75) is 25.7 Å². The monoisotopic (exact) mass is 319 g/mol. The van der Waals surface area contributed by atoms with E-state index in [1.54, 1.807) is 6.07 Å². The number of nitrogen functional groups attached to an aromatic ring is 1. The molecule has 0 atom stereocenters. The second-order valence-corrected chi connectivity index (χ2v) is 5.69. The number of hydrogen-bond acceptors (Lipinski definition) is 4. The Morgan fingerprint density at radius 2 is 2.05 bits per heavy atom. The first-order valence-electron chi connectivity index (χ1n) is 6.20. The Morgan fingerprint density at radius 1 is 1.26 bits per heavy atom. The highest BCUT2D eigenvalue weighted by Crippen LogP contribution is 2.39. The Kier molecular flexibility index (Phi) is 3.14. The summed E-state index contributed by atoms with van der Waals surface area (Å²) in [5, 5.41) is 0. The Morgan fingerprint density at radius 3 is 2.74 bits per heavy atom. The number of nitrogens with two attached hydrogens (primary N) is 1. The first-order chi connectivity index (χ1) is 9.11. The van der Waals surface area contributed by atoms with E-state index in [1.165, 1.54) is 0 Å². The van der Waals surface area contributed by atoms with Crippen LogP contribution >= 0.6 is 15.9 Å². The Labute approximate surface area is 120 Å². The predicted molar refractivity (Wildman–Crippen MR) is 77.4 cm³/mol. The molecule has 0 aliphatic heterocycles. The molecule has 4 nitrogen and oxygen atoms in total. The molecular weight excluding hydrogens is 306 g/mol. The molecule has 1 fully saturated rings. The van der Waals surface area contributed by atoms with Gasteiger partial charge in [0, 0.05) is 16.5 Å². The van der Waals surface area contributed by atoms with Gasteiger partial charge in [0.15, 0.2) is 0 Å². The molecule has 1 aromatic heterocycles. The summed E-state index contributed by atoms with van der Waals surface area (Å²) in [6.45, 7) is 1.99. The SMILES string of the molecule is Cc1cc(Br)ccc1Oc1cc(N)nc(C2CC2)n1. The summed E-state index contributed by atoms with van der Waals surface area (Å²) in [6, 6.07) is 7.51. The first kappa shape index (κ1) is 12.4. The van der Waals surface area contributed by atoms with E-state index in [2.05, 4.69) is 25.9 Å². The van der Waals surface area contributed by atoms with Crippen LogP contribution in [0.1, 0.15) is 30.1 Å². The van der Waals surface area contributed by atoms with Crippen LogP contribution in [0, 0.1) is 6.92 Å². The average molecular weight is 320 g/mol. The van der Waals surface area contributed by atoms with E-state index in [9.17, 15) is 0 Å². The summed E-state index contributed by atoms with van der Waals surface area (Å²) in [5.74, 6) is 3.01. The van der Waals surface area contributed by atoms with Gasteiger partial charge in [-0.15, -0.1) is 0 Å². The molecule has 0 spiro atoms. The van der Waals surface area contributed by atoms with Gasteiger partial charge in [-0.25, -0.2) is 4.98 Å². The van der Waals surface area contributed by atoms with Crippen molar-refractivity contribution in [3.63, 3.8) is 0 Å². The van der Waals surface area contributed by atoms with Gasteiger partial charge in [-0.2, -0.15) is 4.98 Å². The van der Waals surface area contributed by atoms with Crippen molar-refractivity contribution in [3.05, 3.63) is 40.1 Å². The van der Waals surface area contributed by atoms with Crippen LogP contribution in [0.15, 0.2) is 28.7 Å². The van der Waals surface area contributed by atoms with Gasteiger partial charge in [-0.05, 0) is 43.5 Å². The number of aromatic nitrogens is 2. The highest BCUT2D eigenvalue weighted by Gasteiger charge is 2.27. The van der Waals surface area contributed by atoms with Gasteiger partial charge in [0.2, 0.25) is 5.88 Å². The Balaban J connectivity index is 1.89. The fourth-order valence-electron chi connectivity index (χ4n) is 1.88. The molecule has 98 valence electrons. The smallest absolute Gasteiger partial charge is 0.224 e. The average Bonchev–Trinajstić information content (AvgIpc) is 3.16. The molecule has 2 N–H and O–H groups in total. The summed E-state index contributed by atoms with van der Waals surface area (Å²) in [7, 11) is 0. The summed E-state index contributed by atoms with van der Waals surface area (Å²) in [4.78, 5) is 8.68. The van der Waals surface area contributed by atoms with Crippen molar-refractivity contribution in [2.24, 2.45) is 0 Å². The lowest BCUT2D eigenvalue weighted by molar-refractivity contribution is 0.455. The quantitative estimate of drug-likeness (QED) is 0.934. The van der Waals surface area contributed by atoms with Crippen LogP contribution < -0.4 is 10.5 Å². The highest BCUT2D eigenvalue weighted by molar-refractivity contribution is 9.10. The van der Waals surface area contributed by atoms with Gasteiger partial charge in [0.05, 0.1) is 0 Å². The fraction of sp³-hybridized carbons (Fsp3) is 0.286. The van der Waals surface area contributed by atoms with Crippen LogP contribution in [0.5, 0.6) is 11.6 Å². The molecule has 19 heavy (non-hydrogen) atoms. The minimum absolute atomic E-state index is 0.455. The van der Waals surface area contributed by atoms with Gasteiger partial charge < -0.3 is 10.5 Å². The number of anilines is 1. The second kappa shape index (κ2) is 4.81. The van der Waals surface area contributed by atoms with E-state index in [-0.39, 0.29) is 0 Å². The normalized spacial score (nSPS) is 14.4. The van der Waals surface area contributed by atoms with Crippen molar-refractivity contribution in [3.8, 4) is 11.6 Å². The van der Waals surface area contributed by atoms with E-state index in [4.69, 9.17) is 10.5 Å². The van der Waals surface area contributed by atoms with Crippen LogP contribution in [-0.4, -0.2) is 9.97 Å². The molecule has 1 heterocycles. The molecule has 0 saturated heterocycles. The minimum atomic E-state index is 0.455. The van der Waals surface area contributed by atoms with Crippen LogP contribution in [0.25, 0.3) is 0 Å². The van der Waals surface area contributed by atoms with Crippen LogP contribution in [0.2, 0.25) is 0 Å². The molecule has 1 aliphatic rings. The first-order valence-corrected chi connectivity index (χ1v) is 6.99. The maximum Gasteiger partial charge on any atom is 0.224 e. The number of ether oxygens (including phenoxy) is 1. The molecule has 1 aliphatic carbocycles. The maximum absolute atomic E-state index is 5.81. The molecule has 0 amide bonds. The number of benzene rings is 1. The van der Waals surface area contributed by atoms with Crippen molar-refractivity contribution in [1.29, 1.82) is 0 Å². The number of halogens is 1. The minimum Gasteiger partial charge on any atom is -0.439 e. The Hall–Kier alpha value is -1.62. The zero-order chi connectivity index (χ0) is 13.4. The molecule has 2 aromatic rings. The lowest BCUT2D eigenvalue weighted by Crippen LogP contribution is -2.00. The molecule has 0 radical (unpaired) electrons. The van der Waals surface area contributed by atoms with E-state index in [1.807, 2.05) is 25.1 Å². The summed E-state index contributed by atoms with van der Waals surface area (Å²) in [5.41, 5.74) is 6.84. The molecule has 0 bridgehead atoms. The van der Waals surface area contributed by atoms with Crippen LogP contribution in [0.4, 0.5) is 5.82 Å². The van der Waals surface area contributed by atoms with Crippen LogP contribution in [-0.2, 0) is 0 Å². The van der Waals surface area contributed by atoms with E-state index in [0.29, 0.717) is 17.6 Å². The van der Waals surface area contributed by atoms with Gasteiger partial charge in [0.25, 0.3) is 0 Å². The van der Waals surface area contributed by atoms with Gasteiger partial charge >= 0.3 is 0 Å². The largest absolute Gasteiger partial charge is 0.439 e. The van der Waals surface area contributed by atoms with Crippen molar-refractivity contribution in [2.75, 3.05) is 5.73 Å². The molecule has 1 aromatic carbocycles. The van der Waals surface area contributed by atoms with E-state index >= 15 is 0 Å². The maximum atomic E-state index is 5.81. The van der Waals surface area contributed by atoms with Gasteiger partial charge in [-0.3, -0.25) is 0 Å². The third-order valence-electron chi connectivity index (χ3n) is 3.03. The molecular formula is C14H14BrN3O. The number of rotatable bonds is 3. The topological polar surface area (TPSA) is 61.0 Å². The van der Waals surface area contributed by atoms with Crippen molar-refractivity contribution in [1.82, 2.24) is 9.97 Å². The van der Waals surface area contributed by atoms with E-state index < -0.39 is 0 Å². The molecule has 1 saturated carbocycles. The lowest BCUT2D eigenvalue weighted by Gasteiger charge is -2.09. The third-order valence-corrected chi connectivity index (χ3v) is 3.53. The fourth-order valence-corrected chi connectivity index (χ4v) is 2.35. The van der Waals surface area contributed by atoms with Gasteiger partial charge in [-0.1, -0.05) is 15.9 Å². The predicted octanol–water partition coefficient (Wildman–Crippen LogP) is 3.80. The molecule has 5 heteroatoms. The summed E-state index contributed by atoms with van der Waals surface area (Å²) < 4.78 is 6.84. The van der Waals surface area contributed by atoms with Crippen LogP contribution in [0.3, 0.4) is 0 Å². The number of nitrogens with zero attached hydrogens (tertiary/aromatic N) is 2. The zero-order valence-corrected chi connectivity index (χ0v) is 12.1. The molecule has 3 rings (SSSR count). The third kappa shape index (κ3) is 2.87. The lowest BCUT2D eigenvalue weighted by atomic mass is 10.2. The van der Waals surface area contributed by atoms with Gasteiger partial charge in [0.1, 0.15) is 17.4 Å². The standard InChI is InChI=1S/C14H14BrN3O/c1-8-6-10(15)4-5-11(8)19-13-7-12(16)17-14(18-13)9-2-3-9/h4-7,9H,2-3H2,1H3,(H2,16,17,18). The second-order valence-electron chi connectivity index (χ2n) is 4.78. The Bertz CT molecular complexity index is 626. The summed E-state index contributed by atoms with van der Waals surface area (Å²) in [6.07, 6.45) is 2.28. The highest BCUT2D eigenvalue weighted by atomic mass is 79.9. The number of hydrogen-bond donors (Lipinski definition) is 1.